The van der Waals surface area contributed by atoms with Crippen LogP contribution < -0.4 is 16.4 Å². The molecule has 0 bridgehead atoms. The number of primary amides is 1. The lowest BCUT2D eigenvalue weighted by molar-refractivity contribution is -0.131. The van der Waals surface area contributed by atoms with Crippen molar-refractivity contribution in [3.05, 3.63) is 71.8 Å². The summed E-state index contributed by atoms with van der Waals surface area (Å²) in [5.74, 6) is -2.38. The molecule has 0 saturated carbocycles. The van der Waals surface area contributed by atoms with Crippen molar-refractivity contribution in [3.8, 4) is 0 Å². The van der Waals surface area contributed by atoms with Gasteiger partial charge in [0.05, 0.1) is 18.7 Å². The molecular formula is C21H26N4O5S. The lowest BCUT2D eigenvalue weighted by Crippen LogP contribution is -2.50. The maximum atomic E-state index is 13.1. The van der Waals surface area contributed by atoms with Gasteiger partial charge in [0.1, 0.15) is 6.04 Å². The molecule has 0 aliphatic rings. The van der Waals surface area contributed by atoms with Gasteiger partial charge in [0, 0.05) is 13.6 Å². The molecule has 4 N–H and O–H groups in total. The Morgan fingerprint density at radius 2 is 1.52 bits per heavy atom. The minimum absolute atomic E-state index is 0.0239. The summed E-state index contributed by atoms with van der Waals surface area (Å²) in [7, 11) is -2.52. The van der Waals surface area contributed by atoms with Gasteiger partial charge < -0.3 is 16.4 Å². The number of rotatable bonds is 11. The van der Waals surface area contributed by atoms with Gasteiger partial charge in [-0.05, 0) is 11.1 Å². The van der Waals surface area contributed by atoms with Gasteiger partial charge in [-0.15, -0.1) is 0 Å². The molecule has 1 atom stereocenters. The first kappa shape index (κ1) is 24.0. The number of nitrogens with two attached hydrogens (primary N) is 1. The highest BCUT2D eigenvalue weighted by molar-refractivity contribution is 7.88. The van der Waals surface area contributed by atoms with Crippen LogP contribution in [0.4, 0.5) is 0 Å². The van der Waals surface area contributed by atoms with Crippen molar-refractivity contribution in [3.63, 3.8) is 0 Å². The van der Waals surface area contributed by atoms with E-state index in [4.69, 9.17) is 5.73 Å². The average Bonchev–Trinajstić information content (AvgIpc) is 2.73. The number of amides is 3. The minimum atomic E-state index is -3.87. The first-order valence-electron chi connectivity index (χ1n) is 9.56. The molecule has 0 aromatic heterocycles. The molecule has 0 fully saturated rings. The van der Waals surface area contributed by atoms with E-state index < -0.39 is 46.8 Å². The number of benzene rings is 2. The van der Waals surface area contributed by atoms with E-state index in [1.54, 1.807) is 60.7 Å². The fourth-order valence-electron chi connectivity index (χ4n) is 2.90. The summed E-state index contributed by atoms with van der Waals surface area (Å²) < 4.78 is 27.2. The Labute approximate surface area is 181 Å². The van der Waals surface area contributed by atoms with E-state index in [0.29, 0.717) is 11.1 Å². The molecular weight excluding hydrogens is 420 g/mol. The number of nitrogens with zero attached hydrogens (tertiary/aromatic N) is 1. The highest BCUT2D eigenvalue weighted by atomic mass is 32.2. The molecule has 3 amide bonds. The third-order valence-electron chi connectivity index (χ3n) is 4.41. The summed E-state index contributed by atoms with van der Waals surface area (Å²) in [4.78, 5) is 35.8. The summed E-state index contributed by atoms with van der Waals surface area (Å²) in [6, 6.07) is 16.3. The number of carbonyl (C=O) groups is 3. The van der Waals surface area contributed by atoms with E-state index in [2.05, 4.69) is 10.6 Å². The van der Waals surface area contributed by atoms with Crippen molar-refractivity contribution in [1.29, 1.82) is 0 Å². The van der Waals surface area contributed by atoms with Crippen molar-refractivity contribution < 1.29 is 22.8 Å². The molecule has 31 heavy (non-hydrogen) atoms. The number of likely N-dealkylation sites (N-methyl/N-ethyl adjacent to an activating group) is 1. The maximum absolute atomic E-state index is 13.1. The van der Waals surface area contributed by atoms with Crippen LogP contribution in [0.2, 0.25) is 0 Å². The standard InChI is InChI=1S/C21H26N4O5S/c1-23-21(28)18(12-19(22)26)24-20(27)14-25(13-16-8-4-2-5-9-16)31(29,30)15-17-10-6-3-7-11-17/h2-11,18H,12-15H2,1H3,(H2,22,26)(H,23,28)(H,24,27)/t18-/m0/s1. The van der Waals surface area contributed by atoms with Crippen LogP contribution in [0.3, 0.4) is 0 Å². The number of carbonyl (C=O) groups excluding carboxylic acids is 3. The molecule has 2 rings (SSSR count). The van der Waals surface area contributed by atoms with E-state index in [1.807, 2.05) is 0 Å². The highest BCUT2D eigenvalue weighted by Gasteiger charge is 2.28. The predicted octanol–water partition coefficient (Wildman–Crippen LogP) is 0.125. The Bertz CT molecular complexity index is 997. The zero-order valence-electron chi connectivity index (χ0n) is 17.2. The molecule has 9 nitrogen and oxygen atoms in total. The van der Waals surface area contributed by atoms with Crippen LogP contribution in [0, 0.1) is 0 Å². The van der Waals surface area contributed by atoms with Crippen LogP contribution in [0.25, 0.3) is 0 Å². The molecule has 0 heterocycles. The Kier molecular flexibility index (Phi) is 8.71. The Balaban J connectivity index is 2.22. The lowest BCUT2D eigenvalue weighted by atomic mass is 10.2. The van der Waals surface area contributed by atoms with E-state index in [0.717, 1.165) is 4.31 Å². The SMILES string of the molecule is CNC(=O)[C@H](CC(N)=O)NC(=O)CN(Cc1ccccc1)S(=O)(=O)Cc1ccccc1. The zero-order valence-corrected chi connectivity index (χ0v) is 18.0. The molecule has 0 aliphatic carbocycles. The van der Waals surface area contributed by atoms with Crippen molar-refractivity contribution in [2.75, 3.05) is 13.6 Å². The summed E-state index contributed by atoms with van der Waals surface area (Å²) >= 11 is 0. The first-order chi connectivity index (χ1) is 14.7. The van der Waals surface area contributed by atoms with Crippen LogP contribution in [-0.4, -0.2) is 50.1 Å². The quantitative estimate of drug-likeness (QED) is 0.450. The van der Waals surface area contributed by atoms with Crippen LogP contribution >= 0.6 is 0 Å². The van der Waals surface area contributed by atoms with Gasteiger partial charge in [0.25, 0.3) is 0 Å². The summed E-state index contributed by atoms with van der Waals surface area (Å²) in [5, 5.41) is 4.73. The third-order valence-corrected chi connectivity index (χ3v) is 6.15. The molecule has 0 radical (unpaired) electrons. The van der Waals surface area contributed by atoms with Crippen LogP contribution in [0.15, 0.2) is 60.7 Å². The summed E-state index contributed by atoms with van der Waals surface area (Å²) in [5.41, 5.74) is 6.43. The van der Waals surface area contributed by atoms with E-state index in [-0.39, 0.29) is 12.3 Å². The van der Waals surface area contributed by atoms with Gasteiger partial charge in [-0.1, -0.05) is 60.7 Å². The summed E-state index contributed by atoms with van der Waals surface area (Å²) in [6.45, 7) is -0.541. The van der Waals surface area contributed by atoms with Crippen molar-refractivity contribution >= 4 is 27.7 Å². The molecule has 0 spiro atoms. The zero-order chi connectivity index (χ0) is 22.9. The van der Waals surface area contributed by atoms with Gasteiger partial charge in [-0.3, -0.25) is 14.4 Å². The molecule has 0 saturated heterocycles. The van der Waals surface area contributed by atoms with Crippen molar-refractivity contribution in [2.45, 2.75) is 24.8 Å². The number of hydrogen-bond donors (Lipinski definition) is 3. The maximum Gasteiger partial charge on any atom is 0.242 e. The Hall–Kier alpha value is -3.24. The van der Waals surface area contributed by atoms with E-state index >= 15 is 0 Å². The highest BCUT2D eigenvalue weighted by Crippen LogP contribution is 2.15. The fraction of sp³-hybridized carbons (Fsp3) is 0.286. The molecule has 2 aromatic carbocycles. The van der Waals surface area contributed by atoms with Gasteiger partial charge >= 0.3 is 0 Å². The second-order valence-electron chi connectivity index (χ2n) is 6.90. The third kappa shape index (κ3) is 7.83. The number of sulfonamides is 1. The monoisotopic (exact) mass is 446 g/mol. The molecule has 166 valence electrons. The number of hydrogen-bond acceptors (Lipinski definition) is 5. The normalized spacial score (nSPS) is 12.2. The Morgan fingerprint density at radius 3 is 2.03 bits per heavy atom. The average molecular weight is 447 g/mol. The van der Waals surface area contributed by atoms with Gasteiger partial charge in [-0.25, -0.2) is 8.42 Å². The molecule has 10 heteroatoms. The predicted molar refractivity (Wildman–Crippen MR) is 116 cm³/mol. The van der Waals surface area contributed by atoms with Crippen LogP contribution in [0.1, 0.15) is 17.5 Å². The van der Waals surface area contributed by atoms with E-state index in [1.165, 1.54) is 7.05 Å². The topological polar surface area (TPSA) is 139 Å². The second kappa shape index (κ2) is 11.2. The van der Waals surface area contributed by atoms with Gasteiger partial charge in [0.15, 0.2) is 0 Å². The lowest BCUT2D eigenvalue weighted by Gasteiger charge is -2.23. The van der Waals surface area contributed by atoms with Crippen LogP contribution in [-0.2, 0) is 36.7 Å². The van der Waals surface area contributed by atoms with Crippen LogP contribution in [0.5, 0.6) is 0 Å². The number of nitrogens with one attached hydrogen (secondary N) is 2. The Morgan fingerprint density at radius 1 is 0.968 bits per heavy atom. The molecule has 2 aromatic rings. The summed E-state index contributed by atoms with van der Waals surface area (Å²) in [6.07, 6.45) is -0.402. The van der Waals surface area contributed by atoms with Gasteiger partial charge in [-0.2, -0.15) is 4.31 Å². The van der Waals surface area contributed by atoms with E-state index in [9.17, 15) is 22.8 Å². The van der Waals surface area contributed by atoms with Gasteiger partial charge in [0.2, 0.25) is 27.7 Å². The fourth-order valence-corrected chi connectivity index (χ4v) is 4.36. The first-order valence-corrected chi connectivity index (χ1v) is 11.2. The van der Waals surface area contributed by atoms with Crippen molar-refractivity contribution in [1.82, 2.24) is 14.9 Å². The smallest absolute Gasteiger partial charge is 0.242 e. The second-order valence-corrected chi connectivity index (χ2v) is 8.87. The molecule has 0 aliphatic heterocycles. The minimum Gasteiger partial charge on any atom is -0.370 e. The largest absolute Gasteiger partial charge is 0.370 e. The van der Waals surface area contributed by atoms with Crippen molar-refractivity contribution in [2.24, 2.45) is 5.73 Å². The molecule has 0 unspecified atom stereocenters.